The number of hydrogen-bond acceptors (Lipinski definition) is 3. The highest BCUT2D eigenvalue weighted by Crippen LogP contribution is 2.32. The van der Waals surface area contributed by atoms with Crippen LogP contribution in [0.2, 0.25) is 0 Å². The molecule has 0 spiro atoms. The van der Waals surface area contributed by atoms with Crippen molar-refractivity contribution >= 4 is 34.8 Å². The van der Waals surface area contributed by atoms with Crippen molar-refractivity contribution in [2.24, 2.45) is 5.92 Å². The number of halogens is 1. The molecule has 0 amide bonds. The number of carboxylic acids is 1. The first-order valence-electron chi connectivity index (χ1n) is 3.94. The number of ketones is 1. The summed E-state index contributed by atoms with van der Waals surface area (Å²) in [7, 11) is 0. The van der Waals surface area contributed by atoms with E-state index in [2.05, 4.69) is 0 Å². The Morgan fingerprint density at radius 3 is 2.50 bits per heavy atom. The van der Waals surface area contributed by atoms with Gasteiger partial charge in [-0.05, 0) is 13.0 Å². The standard InChI is InChI=1S/C9H9IO4/c1-6(11)9(14-10)5-3-2-4-7(9)8(12)13/h2-5,7H,1H3,(H,12,13). The number of rotatable bonds is 3. The molecule has 2 unspecified atom stereocenters. The largest absolute Gasteiger partial charge is 0.481 e. The van der Waals surface area contributed by atoms with Crippen LogP contribution in [0.3, 0.4) is 0 Å². The molecule has 1 rings (SSSR count). The number of hydrogen-bond donors (Lipinski definition) is 1. The van der Waals surface area contributed by atoms with E-state index in [1.165, 1.54) is 19.1 Å². The average Bonchev–Trinajstić information content (AvgIpc) is 2.17. The number of carboxylic acid groups (broad SMARTS) is 1. The minimum absolute atomic E-state index is 0.320. The normalized spacial score (nSPS) is 30.3. The van der Waals surface area contributed by atoms with Crippen LogP contribution in [0.1, 0.15) is 6.92 Å². The average molecular weight is 308 g/mol. The fourth-order valence-electron chi connectivity index (χ4n) is 1.35. The van der Waals surface area contributed by atoms with Crippen molar-refractivity contribution in [1.82, 2.24) is 0 Å². The van der Waals surface area contributed by atoms with Gasteiger partial charge in [-0.1, -0.05) is 18.2 Å². The van der Waals surface area contributed by atoms with Crippen LogP contribution in [0, 0.1) is 5.92 Å². The number of Topliss-reactive ketones (excluding diaryl/α,β-unsaturated/α-hetero) is 1. The Kier molecular flexibility index (Phi) is 3.43. The summed E-state index contributed by atoms with van der Waals surface area (Å²) in [6.07, 6.45) is 6.12. The van der Waals surface area contributed by atoms with Gasteiger partial charge in [-0.15, -0.1) is 0 Å². The zero-order chi connectivity index (χ0) is 10.8. The Hall–Kier alpha value is -0.690. The molecular weight excluding hydrogens is 299 g/mol. The van der Waals surface area contributed by atoms with Crippen molar-refractivity contribution in [3.63, 3.8) is 0 Å². The Morgan fingerprint density at radius 1 is 1.50 bits per heavy atom. The summed E-state index contributed by atoms with van der Waals surface area (Å²) in [5.41, 5.74) is -1.36. The molecule has 1 aliphatic rings. The lowest BCUT2D eigenvalue weighted by molar-refractivity contribution is -0.149. The van der Waals surface area contributed by atoms with Gasteiger partial charge in [-0.2, -0.15) is 0 Å². The van der Waals surface area contributed by atoms with Crippen LogP contribution in [0.5, 0.6) is 0 Å². The van der Waals surface area contributed by atoms with Crippen LogP contribution in [-0.2, 0) is 12.7 Å². The molecule has 2 atom stereocenters. The topological polar surface area (TPSA) is 63.6 Å². The summed E-state index contributed by atoms with van der Waals surface area (Å²) in [5, 5.41) is 8.93. The lowest BCUT2D eigenvalue weighted by atomic mass is 9.81. The van der Waals surface area contributed by atoms with E-state index in [0.717, 1.165) is 0 Å². The number of carbonyl (C=O) groups excluding carboxylic acids is 1. The molecule has 4 nitrogen and oxygen atoms in total. The molecule has 0 aromatic rings. The predicted molar refractivity (Wildman–Crippen MR) is 57.9 cm³/mol. The predicted octanol–water partition coefficient (Wildman–Crippen LogP) is 1.51. The summed E-state index contributed by atoms with van der Waals surface area (Å²) in [5.74, 6) is -2.35. The molecular formula is C9H9IO4. The van der Waals surface area contributed by atoms with Gasteiger partial charge in [0.05, 0.1) is 0 Å². The van der Waals surface area contributed by atoms with E-state index in [4.69, 9.17) is 8.17 Å². The Labute approximate surface area is 95.3 Å². The SMILES string of the molecule is CC(=O)C1(OI)C=CC=CC1C(=O)O. The summed E-state index contributed by atoms with van der Waals surface area (Å²) in [4.78, 5) is 22.3. The maximum Gasteiger partial charge on any atom is 0.314 e. The minimum atomic E-state index is -1.36. The highest BCUT2D eigenvalue weighted by molar-refractivity contribution is 14.1. The van der Waals surface area contributed by atoms with Gasteiger partial charge in [0.15, 0.2) is 11.4 Å². The van der Waals surface area contributed by atoms with Crippen LogP contribution in [0.25, 0.3) is 0 Å². The minimum Gasteiger partial charge on any atom is -0.481 e. The summed E-state index contributed by atoms with van der Waals surface area (Å²) < 4.78 is 5.02. The van der Waals surface area contributed by atoms with Gasteiger partial charge >= 0.3 is 5.97 Å². The molecule has 0 radical (unpaired) electrons. The maximum absolute atomic E-state index is 11.4. The highest BCUT2D eigenvalue weighted by atomic mass is 127. The van der Waals surface area contributed by atoms with Crippen molar-refractivity contribution in [2.75, 3.05) is 0 Å². The quantitative estimate of drug-likeness (QED) is 0.803. The molecule has 0 fully saturated rings. The Bertz CT molecular complexity index is 321. The van der Waals surface area contributed by atoms with Crippen molar-refractivity contribution in [3.8, 4) is 0 Å². The molecule has 0 bridgehead atoms. The van der Waals surface area contributed by atoms with E-state index >= 15 is 0 Å². The Balaban J connectivity index is 3.15. The number of carbonyl (C=O) groups is 2. The van der Waals surface area contributed by atoms with E-state index in [1.54, 1.807) is 35.2 Å². The number of allylic oxidation sites excluding steroid dienone is 2. The van der Waals surface area contributed by atoms with Crippen LogP contribution in [0.4, 0.5) is 0 Å². The van der Waals surface area contributed by atoms with Gasteiger partial charge in [-0.25, -0.2) is 0 Å². The fourth-order valence-corrected chi connectivity index (χ4v) is 2.08. The summed E-state index contributed by atoms with van der Waals surface area (Å²) >= 11 is 1.55. The van der Waals surface area contributed by atoms with E-state index in [1.807, 2.05) is 0 Å². The second-order valence-corrected chi connectivity index (χ2v) is 3.43. The van der Waals surface area contributed by atoms with Gasteiger partial charge in [0.25, 0.3) is 0 Å². The van der Waals surface area contributed by atoms with Gasteiger partial charge in [0.2, 0.25) is 0 Å². The monoisotopic (exact) mass is 308 g/mol. The molecule has 1 N–H and O–H groups in total. The van der Waals surface area contributed by atoms with Gasteiger partial charge in [0, 0.05) is 0 Å². The third-order valence-corrected chi connectivity index (χ3v) is 2.89. The lowest BCUT2D eigenvalue weighted by Gasteiger charge is -2.30. The van der Waals surface area contributed by atoms with E-state index in [-0.39, 0.29) is 5.78 Å². The van der Waals surface area contributed by atoms with Gasteiger partial charge in [-0.3, -0.25) is 12.7 Å². The Morgan fingerprint density at radius 2 is 2.14 bits per heavy atom. The zero-order valence-electron chi connectivity index (χ0n) is 7.44. The lowest BCUT2D eigenvalue weighted by Crippen LogP contribution is -2.47. The molecule has 0 saturated carbocycles. The van der Waals surface area contributed by atoms with Gasteiger partial charge < -0.3 is 5.11 Å². The second kappa shape index (κ2) is 4.22. The van der Waals surface area contributed by atoms with Crippen molar-refractivity contribution in [3.05, 3.63) is 24.3 Å². The first-order chi connectivity index (χ1) is 6.54. The molecule has 76 valence electrons. The summed E-state index contributed by atoms with van der Waals surface area (Å²) in [6, 6.07) is 0. The molecule has 5 heteroatoms. The molecule has 0 aliphatic heterocycles. The zero-order valence-corrected chi connectivity index (χ0v) is 9.59. The van der Waals surface area contributed by atoms with E-state index < -0.39 is 17.5 Å². The highest BCUT2D eigenvalue weighted by Gasteiger charge is 2.46. The molecule has 0 saturated heterocycles. The van der Waals surface area contributed by atoms with Crippen molar-refractivity contribution in [1.29, 1.82) is 0 Å². The maximum atomic E-state index is 11.4. The first kappa shape index (κ1) is 11.4. The van der Waals surface area contributed by atoms with Crippen LogP contribution < -0.4 is 0 Å². The van der Waals surface area contributed by atoms with Gasteiger partial charge in [0.1, 0.15) is 28.9 Å². The third-order valence-electron chi connectivity index (χ3n) is 2.16. The fraction of sp³-hybridized carbons (Fsp3) is 0.333. The summed E-state index contributed by atoms with van der Waals surface area (Å²) in [6.45, 7) is 1.32. The molecule has 14 heavy (non-hydrogen) atoms. The second-order valence-electron chi connectivity index (χ2n) is 2.99. The molecule has 1 aliphatic carbocycles. The third kappa shape index (κ3) is 1.74. The van der Waals surface area contributed by atoms with Crippen LogP contribution in [-0.4, -0.2) is 22.5 Å². The number of aliphatic carboxylic acids is 1. The smallest absolute Gasteiger partial charge is 0.314 e. The molecule has 0 aromatic heterocycles. The van der Waals surface area contributed by atoms with Crippen molar-refractivity contribution < 1.29 is 17.8 Å². The molecule has 0 aromatic carbocycles. The van der Waals surface area contributed by atoms with E-state index in [0.29, 0.717) is 0 Å². The first-order valence-corrected chi connectivity index (χ1v) is 4.82. The molecule has 0 heterocycles. The van der Waals surface area contributed by atoms with Crippen LogP contribution >= 0.6 is 23.0 Å². The van der Waals surface area contributed by atoms with Crippen molar-refractivity contribution in [2.45, 2.75) is 12.5 Å². The van der Waals surface area contributed by atoms with E-state index in [9.17, 15) is 9.59 Å². The van der Waals surface area contributed by atoms with Crippen LogP contribution in [0.15, 0.2) is 24.3 Å².